The van der Waals surface area contributed by atoms with E-state index in [0.29, 0.717) is 19.4 Å². The van der Waals surface area contributed by atoms with Crippen LogP contribution in [0.2, 0.25) is 0 Å². The minimum Gasteiger partial charge on any atom is -0.459 e. The van der Waals surface area contributed by atoms with Crippen LogP contribution in [0.3, 0.4) is 0 Å². The van der Waals surface area contributed by atoms with Crippen LogP contribution in [0, 0.1) is 0 Å². The first kappa shape index (κ1) is 13.9. The average Bonchev–Trinajstić information content (AvgIpc) is 1.99. The summed E-state index contributed by atoms with van der Waals surface area (Å²) in [7, 11) is 0. The lowest BCUT2D eigenvalue weighted by Crippen LogP contribution is -2.32. The van der Waals surface area contributed by atoms with E-state index in [4.69, 9.17) is 10.5 Å². The molecule has 0 aromatic carbocycles. The number of nitrogens with one attached hydrogen (secondary N) is 1. The van der Waals surface area contributed by atoms with Crippen molar-refractivity contribution in [1.82, 2.24) is 5.32 Å². The molecule has 0 unspecified atom stereocenters. The van der Waals surface area contributed by atoms with Crippen LogP contribution in [-0.2, 0) is 14.3 Å². The summed E-state index contributed by atoms with van der Waals surface area (Å²) in [5.74, 6) is -0.615. The Hall–Kier alpha value is -1.10. The SMILES string of the molecule is CC(C)(C)OC(=O)CNCCCC(N)=O. The van der Waals surface area contributed by atoms with Crippen LogP contribution in [0.4, 0.5) is 0 Å². The van der Waals surface area contributed by atoms with Gasteiger partial charge < -0.3 is 15.8 Å². The van der Waals surface area contributed by atoms with Crippen molar-refractivity contribution in [3.8, 4) is 0 Å². The van der Waals surface area contributed by atoms with Crippen LogP contribution >= 0.6 is 0 Å². The standard InChI is InChI=1S/C10H20N2O3/c1-10(2,3)15-9(14)7-12-6-4-5-8(11)13/h12H,4-7H2,1-3H3,(H2,11,13). The predicted molar refractivity (Wildman–Crippen MR) is 57.1 cm³/mol. The summed E-state index contributed by atoms with van der Waals surface area (Å²) in [5.41, 5.74) is 4.51. The number of rotatable bonds is 6. The van der Waals surface area contributed by atoms with Gasteiger partial charge in [-0.25, -0.2) is 0 Å². The number of amides is 1. The quantitative estimate of drug-likeness (QED) is 0.490. The summed E-state index contributed by atoms with van der Waals surface area (Å²) in [6, 6.07) is 0. The van der Waals surface area contributed by atoms with Gasteiger partial charge in [0, 0.05) is 6.42 Å². The second-order valence-corrected chi connectivity index (χ2v) is 4.33. The fraction of sp³-hybridized carbons (Fsp3) is 0.800. The second kappa shape index (κ2) is 6.40. The zero-order valence-corrected chi connectivity index (χ0v) is 9.63. The number of nitrogens with two attached hydrogens (primary N) is 1. The van der Waals surface area contributed by atoms with Crippen molar-refractivity contribution in [2.45, 2.75) is 39.2 Å². The molecule has 3 N–H and O–H groups in total. The highest BCUT2D eigenvalue weighted by Crippen LogP contribution is 2.06. The minimum absolute atomic E-state index is 0.163. The molecule has 0 heterocycles. The van der Waals surface area contributed by atoms with Gasteiger partial charge >= 0.3 is 5.97 Å². The van der Waals surface area contributed by atoms with Crippen LogP contribution in [0.5, 0.6) is 0 Å². The maximum absolute atomic E-state index is 11.2. The monoisotopic (exact) mass is 216 g/mol. The van der Waals surface area contributed by atoms with Gasteiger partial charge in [0.1, 0.15) is 5.60 Å². The van der Waals surface area contributed by atoms with E-state index in [9.17, 15) is 9.59 Å². The Morgan fingerprint density at radius 1 is 1.33 bits per heavy atom. The first-order chi connectivity index (χ1) is 6.81. The summed E-state index contributed by atoms with van der Waals surface area (Å²) in [4.78, 5) is 21.6. The third kappa shape index (κ3) is 10.8. The van der Waals surface area contributed by atoms with E-state index in [2.05, 4.69) is 5.32 Å². The summed E-state index contributed by atoms with van der Waals surface area (Å²) >= 11 is 0. The molecule has 5 heteroatoms. The van der Waals surface area contributed by atoms with Gasteiger partial charge in [0.25, 0.3) is 0 Å². The number of carbonyl (C=O) groups is 2. The Morgan fingerprint density at radius 3 is 2.40 bits per heavy atom. The molecule has 0 aromatic heterocycles. The molecule has 0 radical (unpaired) electrons. The van der Waals surface area contributed by atoms with E-state index >= 15 is 0 Å². The lowest BCUT2D eigenvalue weighted by atomic mass is 10.2. The van der Waals surface area contributed by atoms with Crippen LogP contribution in [0.15, 0.2) is 0 Å². The van der Waals surface area contributed by atoms with Crippen molar-refractivity contribution in [3.05, 3.63) is 0 Å². The molecule has 0 aliphatic heterocycles. The molecule has 88 valence electrons. The van der Waals surface area contributed by atoms with Gasteiger partial charge in [-0.1, -0.05) is 0 Å². The van der Waals surface area contributed by atoms with Crippen molar-refractivity contribution in [3.63, 3.8) is 0 Å². The average molecular weight is 216 g/mol. The number of carbonyl (C=O) groups excluding carboxylic acids is 2. The van der Waals surface area contributed by atoms with E-state index in [1.165, 1.54) is 0 Å². The second-order valence-electron chi connectivity index (χ2n) is 4.33. The van der Waals surface area contributed by atoms with Crippen molar-refractivity contribution in [2.24, 2.45) is 5.73 Å². The molecule has 0 bridgehead atoms. The Labute approximate surface area is 90.4 Å². The molecule has 0 spiro atoms. The fourth-order valence-electron chi connectivity index (χ4n) is 0.956. The summed E-state index contributed by atoms with van der Waals surface area (Å²) in [5, 5.41) is 2.88. The predicted octanol–water partition coefficient (Wildman–Crippen LogP) is 0.183. The number of primary amides is 1. The molecule has 5 nitrogen and oxygen atoms in total. The van der Waals surface area contributed by atoms with E-state index in [-0.39, 0.29) is 18.4 Å². The first-order valence-electron chi connectivity index (χ1n) is 5.02. The van der Waals surface area contributed by atoms with Crippen molar-refractivity contribution in [2.75, 3.05) is 13.1 Å². The van der Waals surface area contributed by atoms with Crippen LogP contribution in [0.1, 0.15) is 33.6 Å². The van der Waals surface area contributed by atoms with Crippen molar-refractivity contribution < 1.29 is 14.3 Å². The molecular weight excluding hydrogens is 196 g/mol. The Morgan fingerprint density at radius 2 is 1.93 bits per heavy atom. The highest BCUT2D eigenvalue weighted by Gasteiger charge is 2.15. The molecule has 0 saturated carbocycles. The highest BCUT2D eigenvalue weighted by atomic mass is 16.6. The molecule has 0 aromatic rings. The fourth-order valence-corrected chi connectivity index (χ4v) is 0.956. The van der Waals surface area contributed by atoms with Gasteiger partial charge in [-0.15, -0.1) is 0 Å². The summed E-state index contributed by atoms with van der Waals surface area (Å²) in [6.45, 7) is 6.20. The van der Waals surface area contributed by atoms with Crippen LogP contribution < -0.4 is 11.1 Å². The topological polar surface area (TPSA) is 81.4 Å². The maximum Gasteiger partial charge on any atom is 0.320 e. The Bertz CT molecular complexity index is 221. The summed E-state index contributed by atoms with van der Waals surface area (Å²) < 4.78 is 5.07. The number of hydrogen-bond acceptors (Lipinski definition) is 4. The lowest BCUT2D eigenvalue weighted by molar-refractivity contribution is -0.153. The van der Waals surface area contributed by atoms with Crippen molar-refractivity contribution >= 4 is 11.9 Å². The van der Waals surface area contributed by atoms with E-state index in [1.54, 1.807) is 0 Å². The molecule has 0 aliphatic rings. The van der Waals surface area contributed by atoms with Crippen molar-refractivity contribution in [1.29, 1.82) is 0 Å². The first-order valence-corrected chi connectivity index (χ1v) is 5.02. The normalized spacial score (nSPS) is 11.1. The molecule has 15 heavy (non-hydrogen) atoms. The van der Waals surface area contributed by atoms with E-state index in [0.717, 1.165) is 0 Å². The molecule has 0 saturated heterocycles. The molecular formula is C10H20N2O3. The van der Waals surface area contributed by atoms with E-state index < -0.39 is 5.60 Å². The zero-order valence-electron chi connectivity index (χ0n) is 9.63. The summed E-state index contributed by atoms with van der Waals surface area (Å²) in [6.07, 6.45) is 0.972. The Balaban J connectivity index is 3.44. The molecule has 0 rings (SSSR count). The molecule has 1 amide bonds. The smallest absolute Gasteiger partial charge is 0.320 e. The third-order valence-corrected chi connectivity index (χ3v) is 1.47. The molecule has 0 atom stereocenters. The minimum atomic E-state index is -0.452. The molecule has 0 fully saturated rings. The number of ether oxygens (including phenoxy) is 1. The maximum atomic E-state index is 11.2. The largest absolute Gasteiger partial charge is 0.459 e. The van der Waals surface area contributed by atoms with E-state index in [1.807, 2.05) is 20.8 Å². The van der Waals surface area contributed by atoms with Crippen LogP contribution in [-0.4, -0.2) is 30.6 Å². The number of hydrogen-bond donors (Lipinski definition) is 2. The van der Waals surface area contributed by atoms with Gasteiger partial charge in [0.15, 0.2) is 0 Å². The van der Waals surface area contributed by atoms with Gasteiger partial charge in [-0.05, 0) is 33.7 Å². The van der Waals surface area contributed by atoms with Gasteiger partial charge in [-0.2, -0.15) is 0 Å². The molecule has 0 aliphatic carbocycles. The van der Waals surface area contributed by atoms with Gasteiger partial charge in [0.2, 0.25) is 5.91 Å². The highest BCUT2D eigenvalue weighted by molar-refractivity contribution is 5.73. The number of esters is 1. The van der Waals surface area contributed by atoms with Gasteiger partial charge in [0.05, 0.1) is 6.54 Å². The Kier molecular flexibility index (Phi) is 5.93. The third-order valence-electron chi connectivity index (χ3n) is 1.47. The van der Waals surface area contributed by atoms with Crippen LogP contribution in [0.25, 0.3) is 0 Å². The lowest BCUT2D eigenvalue weighted by Gasteiger charge is -2.19. The zero-order chi connectivity index (χ0) is 11.9. The van der Waals surface area contributed by atoms with Gasteiger partial charge in [-0.3, -0.25) is 9.59 Å².